The first-order valence-electron chi connectivity index (χ1n) is 14.5. The number of ether oxygens (including phenoxy) is 5. The normalized spacial score (nSPS) is 21.3. The Labute approximate surface area is 232 Å². The molecular weight excluding hydrogens is 496 g/mol. The van der Waals surface area contributed by atoms with E-state index < -0.39 is 5.97 Å². The number of aryl methyl sites for hydroxylation is 1. The van der Waals surface area contributed by atoms with Crippen molar-refractivity contribution in [1.82, 2.24) is 0 Å². The minimum atomic E-state index is -0.449. The van der Waals surface area contributed by atoms with Gasteiger partial charge >= 0.3 is 11.9 Å². The molecule has 0 radical (unpaired) electrons. The van der Waals surface area contributed by atoms with Gasteiger partial charge in [0.2, 0.25) is 0 Å². The summed E-state index contributed by atoms with van der Waals surface area (Å²) in [6.07, 6.45) is 11.3. The predicted molar refractivity (Wildman–Crippen MR) is 148 cm³/mol. The molecular formula is C32H42O7. The summed E-state index contributed by atoms with van der Waals surface area (Å²) in [5.41, 5.74) is 1.41. The topological polar surface area (TPSA) is 80.3 Å². The summed E-state index contributed by atoms with van der Waals surface area (Å²) in [4.78, 5) is 25.1. The summed E-state index contributed by atoms with van der Waals surface area (Å²) in [7, 11) is 0. The molecule has 0 amide bonds. The molecule has 1 unspecified atom stereocenters. The fourth-order valence-corrected chi connectivity index (χ4v) is 5.03. The smallest absolute Gasteiger partial charge is 0.343 e. The molecule has 2 aliphatic rings. The number of unbranched alkanes of at least 4 members (excludes halogenated alkanes) is 3. The average Bonchev–Trinajstić information content (AvgIpc) is 2.95. The molecule has 0 aromatic heterocycles. The number of carbonyl (C=O) groups is 2. The van der Waals surface area contributed by atoms with E-state index in [0.717, 1.165) is 89.6 Å². The maximum absolute atomic E-state index is 12.7. The fourth-order valence-electron chi connectivity index (χ4n) is 5.03. The third-order valence-corrected chi connectivity index (χ3v) is 7.35. The Morgan fingerprint density at radius 2 is 1.54 bits per heavy atom. The van der Waals surface area contributed by atoms with Gasteiger partial charge in [-0.1, -0.05) is 25.0 Å². The van der Waals surface area contributed by atoms with E-state index in [1.54, 1.807) is 36.4 Å². The van der Waals surface area contributed by atoms with Gasteiger partial charge < -0.3 is 23.7 Å². The van der Waals surface area contributed by atoms with Gasteiger partial charge in [0.05, 0.1) is 17.6 Å². The lowest BCUT2D eigenvalue weighted by Crippen LogP contribution is -2.29. The largest absolute Gasteiger partial charge is 0.426 e. The van der Waals surface area contributed by atoms with Crippen LogP contribution in [0.4, 0.5) is 0 Å². The highest BCUT2D eigenvalue weighted by Gasteiger charge is 2.28. The van der Waals surface area contributed by atoms with Gasteiger partial charge in [-0.05, 0) is 107 Å². The van der Waals surface area contributed by atoms with Gasteiger partial charge in [0, 0.05) is 19.8 Å². The molecule has 2 aromatic rings. The highest BCUT2D eigenvalue weighted by atomic mass is 16.7. The molecule has 4 rings (SSSR count). The van der Waals surface area contributed by atoms with E-state index in [1.807, 2.05) is 19.1 Å². The van der Waals surface area contributed by atoms with E-state index in [0.29, 0.717) is 17.1 Å². The van der Waals surface area contributed by atoms with Crippen LogP contribution < -0.4 is 9.47 Å². The van der Waals surface area contributed by atoms with Crippen LogP contribution in [0, 0.1) is 12.8 Å². The summed E-state index contributed by atoms with van der Waals surface area (Å²) in [5, 5.41) is 0. The fraction of sp³-hybridized carbons (Fsp3) is 0.562. The van der Waals surface area contributed by atoms with Crippen molar-refractivity contribution in [1.29, 1.82) is 0 Å². The molecule has 1 saturated carbocycles. The van der Waals surface area contributed by atoms with Crippen LogP contribution in [-0.2, 0) is 19.0 Å². The molecule has 0 bridgehead atoms. The van der Waals surface area contributed by atoms with Crippen molar-refractivity contribution in [2.75, 3.05) is 19.8 Å². The van der Waals surface area contributed by atoms with Crippen LogP contribution in [0.5, 0.6) is 11.5 Å². The Morgan fingerprint density at radius 3 is 2.23 bits per heavy atom. The molecule has 7 nitrogen and oxygen atoms in total. The molecule has 39 heavy (non-hydrogen) atoms. The van der Waals surface area contributed by atoms with E-state index in [4.69, 9.17) is 23.7 Å². The molecule has 2 aromatic carbocycles. The standard InChI is InChI=1S/C32H42O7/c1-24-9-8-10-29(23-24)39-32(34)26-14-18-28(19-15-26)38-31(33)25-12-16-27(17-13-25)35-20-5-2-3-6-21-36-30-11-4-7-22-37-30/h8-10,14-15,18-19,23,25,27,30H,2-7,11-13,16-17,20-22H2,1H3. The number of carbonyl (C=O) groups excluding carboxylic acids is 2. The molecule has 1 aliphatic carbocycles. The van der Waals surface area contributed by atoms with Crippen molar-refractivity contribution in [3.8, 4) is 11.5 Å². The van der Waals surface area contributed by atoms with E-state index in [1.165, 1.54) is 6.42 Å². The third kappa shape index (κ3) is 10.1. The molecule has 212 valence electrons. The molecule has 0 spiro atoms. The second-order valence-electron chi connectivity index (χ2n) is 10.6. The molecule has 1 saturated heterocycles. The second-order valence-corrected chi connectivity index (χ2v) is 10.6. The number of esters is 2. The Balaban J connectivity index is 1.06. The summed E-state index contributed by atoms with van der Waals surface area (Å²) in [6, 6.07) is 13.8. The SMILES string of the molecule is Cc1cccc(OC(=O)c2ccc(OC(=O)C3CCC(OCCCCCCOC4CCCCO4)CC3)cc2)c1. The first kappa shape index (κ1) is 29.2. The lowest BCUT2D eigenvalue weighted by Gasteiger charge is -2.27. The minimum absolute atomic E-state index is 0.00968. The van der Waals surface area contributed by atoms with Crippen molar-refractivity contribution < 1.29 is 33.3 Å². The Kier molecular flexibility index (Phi) is 11.8. The zero-order valence-electron chi connectivity index (χ0n) is 23.1. The molecule has 7 heteroatoms. The highest BCUT2D eigenvalue weighted by Crippen LogP contribution is 2.28. The number of rotatable bonds is 13. The molecule has 1 aliphatic heterocycles. The van der Waals surface area contributed by atoms with Crippen molar-refractivity contribution in [2.24, 2.45) is 5.92 Å². The Bertz CT molecular complexity index is 1020. The Morgan fingerprint density at radius 1 is 0.795 bits per heavy atom. The zero-order valence-corrected chi connectivity index (χ0v) is 23.1. The van der Waals surface area contributed by atoms with Crippen molar-refractivity contribution in [2.45, 2.75) is 89.9 Å². The lowest BCUT2D eigenvalue weighted by atomic mass is 9.87. The number of hydrogen-bond acceptors (Lipinski definition) is 7. The molecule has 1 heterocycles. The number of benzene rings is 2. The Hall–Kier alpha value is -2.74. The molecule has 0 N–H and O–H groups in total. The monoisotopic (exact) mass is 538 g/mol. The summed E-state index contributed by atoms with van der Waals surface area (Å²) in [6.45, 7) is 4.31. The van der Waals surface area contributed by atoms with Crippen molar-refractivity contribution >= 4 is 11.9 Å². The molecule has 1 atom stereocenters. The van der Waals surface area contributed by atoms with Gasteiger partial charge in [0.25, 0.3) is 0 Å². The van der Waals surface area contributed by atoms with Crippen LogP contribution in [0.25, 0.3) is 0 Å². The lowest BCUT2D eigenvalue weighted by molar-refractivity contribution is -0.162. The van der Waals surface area contributed by atoms with Gasteiger partial charge in [0.1, 0.15) is 11.5 Å². The van der Waals surface area contributed by atoms with Crippen LogP contribution in [0.2, 0.25) is 0 Å². The van der Waals surface area contributed by atoms with Gasteiger partial charge in [-0.25, -0.2) is 4.79 Å². The summed E-state index contributed by atoms with van der Waals surface area (Å²) in [5.74, 6) is 0.146. The quantitative estimate of drug-likeness (QED) is 0.158. The third-order valence-electron chi connectivity index (χ3n) is 7.35. The first-order chi connectivity index (χ1) is 19.1. The van der Waals surface area contributed by atoms with Crippen LogP contribution in [-0.4, -0.2) is 44.2 Å². The predicted octanol–water partition coefficient (Wildman–Crippen LogP) is 6.80. The maximum Gasteiger partial charge on any atom is 0.343 e. The molecule has 2 fully saturated rings. The van der Waals surface area contributed by atoms with Gasteiger partial charge in [-0.2, -0.15) is 0 Å². The van der Waals surface area contributed by atoms with Gasteiger partial charge in [0.15, 0.2) is 6.29 Å². The zero-order chi connectivity index (χ0) is 27.3. The van der Waals surface area contributed by atoms with Crippen LogP contribution in [0.3, 0.4) is 0 Å². The van der Waals surface area contributed by atoms with E-state index in [9.17, 15) is 9.59 Å². The first-order valence-corrected chi connectivity index (χ1v) is 14.5. The van der Waals surface area contributed by atoms with E-state index >= 15 is 0 Å². The summed E-state index contributed by atoms with van der Waals surface area (Å²) < 4.78 is 28.4. The van der Waals surface area contributed by atoms with Crippen molar-refractivity contribution in [3.05, 3.63) is 59.7 Å². The van der Waals surface area contributed by atoms with Gasteiger partial charge in [-0.3, -0.25) is 4.79 Å². The van der Waals surface area contributed by atoms with E-state index in [-0.39, 0.29) is 24.3 Å². The minimum Gasteiger partial charge on any atom is -0.426 e. The maximum atomic E-state index is 12.7. The number of hydrogen-bond donors (Lipinski definition) is 0. The highest BCUT2D eigenvalue weighted by molar-refractivity contribution is 5.91. The second kappa shape index (κ2) is 15.8. The van der Waals surface area contributed by atoms with E-state index in [2.05, 4.69) is 0 Å². The van der Waals surface area contributed by atoms with Crippen LogP contribution in [0.1, 0.15) is 86.6 Å². The summed E-state index contributed by atoms with van der Waals surface area (Å²) >= 11 is 0. The van der Waals surface area contributed by atoms with Crippen LogP contribution >= 0.6 is 0 Å². The average molecular weight is 539 g/mol. The van der Waals surface area contributed by atoms with Crippen molar-refractivity contribution in [3.63, 3.8) is 0 Å². The van der Waals surface area contributed by atoms with Gasteiger partial charge in [-0.15, -0.1) is 0 Å². The van der Waals surface area contributed by atoms with Crippen LogP contribution in [0.15, 0.2) is 48.5 Å².